The molecular weight excluding hydrogens is 597 g/mol. The van der Waals surface area contributed by atoms with Crippen LogP contribution in [0.3, 0.4) is 0 Å². The van der Waals surface area contributed by atoms with E-state index in [0.717, 1.165) is 5.56 Å². The predicted molar refractivity (Wildman–Crippen MR) is 164 cm³/mol. The average molecular weight is 625 g/mol. The second kappa shape index (κ2) is 12.1. The molecule has 1 atom stereocenters. The number of allylic oxidation sites excluding steroid dienone is 1. The third-order valence-electron chi connectivity index (χ3n) is 7.04. The summed E-state index contributed by atoms with van der Waals surface area (Å²) in [7, 11) is 1.29. The van der Waals surface area contributed by atoms with Crippen LogP contribution in [0.2, 0.25) is 10.0 Å². The van der Waals surface area contributed by atoms with Crippen molar-refractivity contribution in [1.82, 2.24) is 9.47 Å². The molecular formula is C31H27Cl2N3O5S. The highest BCUT2D eigenvalue weighted by molar-refractivity contribution is 7.07. The second-order valence-corrected chi connectivity index (χ2v) is 11.4. The number of halogens is 2. The number of nitrogens with zero attached hydrogens (tertiary/aromatic N) is 3. The molecule has 1 aliphatic heterocycles. The number of hydrogen-bond donors (Lipinski definition) is 0. The lowest BCUT2D eigenvalue weighted by Crippen LogP contribution is -2.43. The Morgan fingerprint density at radius 2 is 1.81 bits per heavy atom. The van der Waals surface area contributed by atoms with Crippen molar-refractivity contribution in [2.45, 2.75) is 26.8 Å². The Morgan fingerprint density at radius 1 is 1.10 bits per heavy atom. The molecule has 2 aromatic heterocycles. The van der Waals surface area contributed by atoms with E-state index in [1.54, 1.807) is 64.9 Å². The second-order valence-electron chi connectivity index (χ2n) is 9.50. The molecule has 5 rings (SSSR count). The van der Waals surface area contributed by atoms with E-state index in [4.69, 9.17) is 37.3 Å². The summed E-state index contributed by atoms with van der Waals surface area (Å²) >= 11 is 13.5. The van der Waals surface area contributed by atoms with Gasteiger partial charge in [0.15, 0.2) is 4.80 Å². The number of furan rings is 1. The lowest BCUT2D eigenvalue weighted by atomic mass is 9.94. The molecule has 0 fully saturated rings. The van der Waals surface area contributed by atoms with Crippen molar-refractivity contribution in [2.75, 3.05) is 20.2 Å². The van der Waals surface area contributed by atoms with Crippen LogP contribution in [0.25, 0.3) is 17.4 Å². The Kier molecular flexibility index (Phi) is 8.54. The van der Waals surface area contributed by atoms with Crippen LogP contribution < -0.4 is 14.9 Å². The predicted octanol–water partition coefficient (Wildman–Crippen LogP) is 5.46. The van der Waals surface area contributed by atoms with Crippen LogP contribution in [0.1, 0.15) is 48.5 Å². The van der Waals surface area contributed by atoms with Gasteiger partial charge in [-0.05, 0) is 68.8 Å². The lowest BCUT2D eigenvalue weighted by molar-refractivity contribution is -0.127. The van der Waals surface area contributed by atoms with Crippen LogP contribution >= 0.6 is 34.5 Å². The van der Waals surface area contributed by atoms with Crippen molar-refractivity contribution >= 4 is 52.5 Å². The van der Waals surface area contributed by atoms with Crippen molar-refractivity contribution < 1.29 is 18.7 Å². The standard InChI is InChI=1S/C31H27Cl2N3O5S/c1-5-35(6-2)29(38)26-17(3)34-31-36(27(26)18-7-10-20(32)11-8-18)28(37)25(42-31)16-21-12-14-24(41-21)19-9-13-23(33)22(15-19)30(39)40-4/h7-16,27H,5-6H2,1-4H3/b25-16+/t27-/m0/s1. The van der Waals surface area contributed by atoms with Crippen molar-refractivity contribution in [3.05, 3.63) is 112 Å². The van der Waals surface area contributed by atoms with E-state index in [1.165, 1.54) is 18.4 Å². The number of benzene rings is 2. The molecule has 0 saturated heterocycles. The number of thiazole rings is 1. The minimum Gasteiger partial charge on any atom is -0.465 e. The van der Waals surface area contributed by atoms with Gasteiger partial charge in [0.1, 0.15) is 11.5 Å². The summed E-state index contributed by atoms with van der Waals surface area (Å²) < 4.78 is 12.8. The Morgan fingerprint density at radius 3 is 2.48 bits per heavy atom. The maximum atomic E-state index is 13.9. The molecule has 0 bridgehead atoms. The molecule has 2 aromatic carbocycles. The van der Waals surface area contributed by atoms with E-state index in [2.05, 4.69) is 0 Å². The monoisotopic (exact) mass is 623 g/mol. The first kappa shape index (κ1) is 29.6. The molecule has 11 heteroatoms. The van der Waals surface area contributed by atoms with Crippen molar-refractivity contribution in [1.29, 1.82) is 0 Å². The number of aromatic nitrogens is 1. The molecule has 0 aliphatic carbocycles. The zero-order valence-electron chi connectivity index (χ0n) is 23.3. The lowest BCUT2D eigenvalue weighted by Gasteiger charge is -2.29. The fraction of sp³-hybridized carbons (Fsp3) is 0.226. The Bertz CT molecular complexity index is 1900. The summed E-state index contributed by atoms with van der Waals surface area (Å²) in [6, 6.07) is 14.9. The smallest absolute Gasteiger partial charge is 0.339 e. The topological polar surface area (TPSA) is 94.1 Å². The molecule has 0 saturated carbocycles. The molecule has 3 heterocycles. The SMILES string of the molecule is CCN(CC)C(=O)C1=C(C)N=c2s/c(=C/c3ccc(-c4ccc(Cl)c(C(=O)OC)c4)o3)c(=O)n2[C@H]1c1ccc(Cl)cc1. The van der Waals surface area contributed by atoms with Gasteiger partial charge in [-0.2, -0.15) is 0 Å². The zero-order chi connectivity index (χ0) is 30.1. The van der Waals surface area contributed by atoms with Gasteiger partial charge in [-0.15, -0.1) is 0 Å². The number of fused-ring (bicyclic) bond motifs is 1. The molecule has 0 unspecified atom stereocenters. The number of ether oxygens (including phenoxy) is 1. The third-order valence-corrected chi connectivity index (χ3v) is 8.61. The summed E-state index contributed by atoms with van der Waals surface area (Å²) in [6.07, 6.45) is 1.65. The van der Waals surface area contributed by atoms with Gasteiger partial charge < -0.3 is 14.1 Å². The number of esters is 1. The first-order valence-electron chi connectivity index (χ1n) is 13.2. The number of carbonyl (C=O) groups excluding carboxylic acids is 2. The van der Waals surface area contributed by atoms with Gasteiger partial charge in [0.05, 0.1) is 39.5 Å². The molecule has 0 radical (unpaired) electrons. The maximum Gasteiger partial charge on any atom is 0.339 e. The van der Waals surface area contributed by atoms with Crippen LogP contribution in [0.4, 0.5) is 0 Å². The van der Waals surface area contributed by atoms with Crippen molar-refractivity contribution in [3.8, 4) is 11.3 Å². The van der Waals surface area contributed by atoms with Crippen LogP contribution in [-0.2, 0) is 9.53 Å². The van der Waals surface area contributed by atoms with Crippen LogP contribution in [0, 0.1) is 0 Å². The molecule has 0 N–H and O–H groups in total. The normalized spacial score (nSPS) is 14.9. The van der Waals surface area contributed by atoms with E-state index in [9.17, 15) is 14.4 Å². The Balaban J connectivity index is 1.61. The summed E-state index contributed by atoms with van der Waals surface area (Å²) in [5.41, 5.74) is 2.30. The van der Waals surface area contributed by atoms with Gasteiger partial charge in [-0.3, -0.25) is 14.2 Å². The summed E-state index contributed by atoms with van der Waals surface area (Å²) in [5.74, 6) is 0.195. The minimum absolute atomic E-state index is 0.166. The van der Waals surface area contributed by atoms with Crippen molar-refractivity contribution in [3.63, 3.8) is 0 Å². The number of carbonyl (C=O) groups is 2. The van der Waals surface area contributed by atoms with Crippen LogP contribution in [0.15, 0.2) is 80.1 Å². The molecule has 8 nitrogen and oxygen atoms in total. The van der Waals surface area contributed by atoms with Gasteiger partial charge in [-0.25, -0.2) is 9.79 Å². The van der Waals surface area contributed by atoms with Crippen LogP contribution in [0.5, 0.6) is 0 Å². The first-order valence-corrected chi connectivity index (χ1v) is 14.8. The fourth-order valence-electron chi connectivity index (χ4n) is 4.90. The fourth-order valence-corrected chi connectivity index (χ4v) is 6.24. The third kappa shape index (κ3) is 5.47. The molecule has 4 aromatic rings. The van der Waals surface area contributed by atoms with E-state index in [-0.39, 0.29) is 22.1 Å². The van der Waals surface area contributed by atoms with Gasteiger partial charge in [0.25, 0.3) is 11.5 Å². The molecule has 1 aliphatic rings. The summed E-state index contributed by atoms with van der Waals surface area (Å²) in [6.45, 7) is 6.69. The van der Waals surface area contributed by atoms with Crippen LogP contribution in [-0.4, -0.2) is 41.5 Å². The highest BCUT2D eigenvalue weighted by Crippen LogP contribution is 2.32. The Labute approximate surface area is 255 Å². The first-order chi connectivity index (χ1) is 20.2. The van der Waals surface area contributed by atoms with Gasteiger partial charge >= 0.3 is 5.97 Å². The summed E-state index contributed by atoms with van der Waals surface area (Å²) in [4.78, 5) is 46.6. The van der Waals surface area contributed by atoms with E-state index in [0.29, 0.717) is 55.8 Å². The van der Waals surface area contributed by atoms with Gasteiger partial charge in [0.2, 0.25) is 0 Å². The number of likely N-dealkylation sites (N-methyl/N-ethyl adjacent to an activating group) is 1. The Hall–Kier alpha value is -3.92. The maximum absolute atomic E-state index is 13.9. The highest BCUT2D eigenvalue weighted by Gasteiger charge is 2.34. The number of hydrogen-bond acceptors (Lipinski definition) is 7. The van der Waals surface area contributed by atoms with Gasteiger partial charge in [-0.1, -0.05) is 46.7 Å². The number of amides is 1. The number of methoxy groups -OCH3 is 1. The van der Waals surface area contributed by atoms with E-state index in [1.807, 2.05) is 26.0 Å². The molecule has 1 amide bonds. The molecule has 216 valence electrons. The zero-order valence-corrected chi connectivity index (χ0v) is 25.6. The highest BCUT2D eigenvalue weighted by atomic mass is 35.5. The van der Waals surface area contributed by atoms with Gasteiger partial charge in [0, 0.05) is 29.8 Å². The average Bonchev–Trinajstić information content (AvgIpc) is 3.57. The molecule has 0 spiro atoms. The molecule has 42 heavy (non-hydrogen) atoms. The van der Waals surface area contributed by atoms with Crippen molar-refractivity contribution in [2.24, 2.45) is 4.99 Å². The minimum atomic E-state index is -0.674. The van der Waals surface area contributed by atoms with E-state index >= 15 is 0 Å². The number of rotatable bonds is 7. The largest absolute Gasteiger partial charge is 0.465 e. The summed E-state index contributed by atoms with van der Waals surface area (Å²) in [5, 5.41) is 0.819. The quantitative estimate of drug-likeness (QED) is 0.255. The van der Waals surface area contributed by atoms with E-state index < -0.39 is 12.0 Å².